The number of carbonyl (C=O) groups is 2. The highest BCUT2D eigenvalue weighted by Crippen LogP contribution is 2.34. The lowest BCUT2D eigenvalue weighted by Crippen LogP contribution is -2.45. The second-order valence-corrected chi connectivity index (χ2v) is 5.74. The van der Waals surface area contributed by atoms with Gasteiger partial charge in [0.05, 0.1) is 32.4 Å². The van der Waals surface area contributed by atoms with Crippen LogP contribution in [-0.2, 0) is 9.53 Å². The van der Waals surface area contributed by atoms with Crippen molar-refractivity contribution < 1.29 is 23.8 Å². The number of methoxy groups -OCH3 is 2. The van der Waals surface area contributed by atoms with Gasteiger partial charge in [-0.05, 0) is 31.0 Å². The number of amides is 2. The smallest absolute Gasteiger partial charge is 0.338 e. The van der Waals surface area contributed by atoms with E-state index in [-0.39, 0.29) is 6.61 Å². The van der Waals surface area contributed by atoms with Crippen molar-refractivity contribution in [3.63, 3.8) is 0 Å². The SMILES string of the molecule is COc1ccc([C@H]2NC(=O)NC(C)=C2C(=O)OCCCCl)cc1OC. The summed E-state index contributed by atoms with van der Waals surface area (Å²) in [5.41, 5.74) is 1.46. The van der Waals surface area contributed by atoms with Gasteiger partial charge in [-0.2, -0.15) is 0 Å². The lowest BCUT2D eigenvalue weighted by atomic mass is 9.95. The van der Waals surface area contributed by atoms with Gasteiger partial charge in [-0.3, -0.25) is 0 Å². The van der Waals surface area contributed by atoms with E-state index < -0.39 is 18.0 Å². The van der Waals surface area contributed by atoms with Crippen LogP contribution in [0.15, 0.2) is 29.5 Å². The molecule has 0 saturated heterocycles. The number of rotatable bonds is 7. The Balaban J connectivity index is 2.37. The van der Waals surface area contributed by atoms with E-state index in [0.29, 0.717) is 40.6 Å². The standard InChI is InChI=1S/C17H21ClN2O5/c1-10-14(16(21)25-8-4-7-18)15(20-17(22)19-10)11-5-6-12(23-2)13(9-11)24-3/h5-6,9,15H,4,7-8H2,1-3H3,(H2,19,20,22)/t15-/m1/s1. The highest BCUT2D eigenvalue weighted by molar-refractivity contribution is 6.17. The minimum atomic E-state index is -0.656. The molecule has 1 aromatic rings. The monoisotopic (exact) mass is 368 g/mol. The first kappa shape index (κ1) is 18.9. The molecule has 0 aromatic heterocycles. The second-order valence-electron chi connectivity index (χ2n) is 5.36. The molecule has 2 rings (SSSR count). The number of ether oxygens (including phenoxy) is 3. The van der Waals surface area contributed by atoms with Crippen LogP contribution in [0, 0.1) is 0 Å². The zero-order chi connectivity index (χ0) is 18.4. The molecular formula is C17H21ClN2O5. The Morgan fingerprint density at radius 3 is 2.60 bits per heavy atom. The Hall–Kier alpha value is -2.41. The van der Waals surface area contributed by atoms with Gasteiger partial charge in [-0.15, -0.1) is 11.6 Å². The molecule has 1 aromatic carbocycles. The normalized spacial score (nSPS) is 16.8. The maximum Gasteiger partial charge on any atom is 0.338 e. The molecule has 2 N–H and O–H groups in total. The van der Waals surface area contributed by atoms with Crippen LogP contribution in [0.2, 0.25) is 0 Å². The Labute approximate surface area is 151 Å². The predicted molar refractivity (Wildman–Crippen MR) is 93.0 cm³/mol. The van der Waals surface area contributed by atoms with Crippen LogP contribution in [0.5, 0.6) is 11.5 Å². The van der Waals surface area contributed by atoms with E-state index in [1.54, 1.807) is 25.1 Å². The van der Waals surface area contributed by atoms with Crippen molar-refractivity contribution in [3.8, 4) is 11.5 Å². The molecule has 0 radical (unpaired) electrons. The Bertz CT molecular complexity index is 690. The summed E-state index contributed by atoms with van der Waals surface area (Å²) in [4.78, 5) is 24.4. The van der Waals surface area contributed by atoms with Crippen LogP contribution in [0.25, 0.3) is 0 Å². The van der Waals surface area contributed by atoms with Crippen molar-refractivity contribution >= 4 is 23.6 Å². The fourth-order valence-electron chi connectivity index (χ4n) is 2.54. The third-order valence-electron chi connectivity index (χ3n) is 3.74. The number of carbonyl (C=O) groups excluding carboxylic acids is 2. The summed E-state index contributed by atoms with van der Waals surface area (Å²) in [6.45, 7) is 1.87. The van der Waals surface area contributed by atoms with Gasteiger partial charge in [0, 0.05) is 11.6 Å². The molecule has 1 atom stereocenters. The van der Waals surface area contributed by atoms with Crippen LogP contribution in [0.1, 0.15) is 24.9 Å². The number of urea groups is 1. The van der Waals surface area contributed by atoms with Gasteiger partial charge >= 0.3 is 12.0 Å². The fraction of sp³-hybridized carbons (Fsp3) is 0.412. The minimum Gasteiger partial charge on any atom is -0.493 e. The Morgan fingerprint density at radius 1 is 1.24 bits per heavy atom. The molecule has 0 unspecified atom stereocenters. The third-order valence-corrected chi connectivity index (χ3v) is 4.01. The first-order valence-corrected chi connectivity index (χ1v) is 8.28. The molecule has 0 aliphatic carbocycles. The number of hydrogen-bond acceptors (Lipinski definition) is 5. The average Bonchev–Trinajstić information content (AvgIpc) is 2.60. The summed E-state index contributed by atoms with van der Waals surface area (Å²) in [5.74, 6) is 0.952. The lowest BCUT2D eigenvalue weighted by Gasteiger charge is -2.28. The van der Waals surface area contributed by atoms with Gasteiger partial charge in [-0.1, -0.05) is 6.07 Å². The molecule has 0 saturated carbocycles. The number of nitrogens with one attached hydrogen (secondary N) is 2. The van der Waals surface area contributed by atoms with Gasteiger partial charge in [0.1, 0.15) is 0 Å². The van der Waals surface area contributed by atoms with Gasteiger partial charge in [0.25, 0.3) is 0 Å². The summed E-state index contributed by atoms with van der Waals surface area (Å²) >= 11 is 5.61. The topological polar surface area (TPSA) is 85.9 Å². The maximum absolute atomic E-state index is 12.5. The average molecular weight is 369 g/mol. The van der Waals surface area contributed by atoms with Crippen molar-refractivity contribution in [2.24, 2.45) is 0 Å². The molecule has 7 nitrogen and oxygen atoms in total. The van der Waals surface area contributed by atoms with Gasteiger partial charge in [-0.25, -0.2) is 9.59 Å². The van der Waals surface area contributed by atoms with Gasteiger partial charge in [0.2, 0.25) is 0 Å². The molecule has 0 spiro atoms. The van der Waals surface area contributed by atoms with Crippen molar-refractivity contribution in [1.82, 2.24) is 10.6 Å². The summed E-state index contributed by atoms with van der Waals surface area (Å²) in [6, 6.07) is 4.14. The zero-order valence-electron chi connectivity index (χ0n) is 14.3. The molecular weight excluding hydrogens is 348 g/mol. The highest BCUT2D eigenvalue weighted by atomic mass is 35.5. The summed E-state index contributed by atoms with van der Waals surface area (Å²) < 4.78 is 15.8. The Morgan fingerprint density at radius 2 is 1.96 bits per heavy atom. The van der Waals surface area contributed by atoms with E-state index in [9.17, 15) is 9.59 Å². The van der Waals surface area contributed by atoms with E-state index in [2.05, 4.69) is 10.6 Å². The largest absolute Gasteiger partial charge is 0.493 e. The summed E-state index contributed by atoms with van der Waals surface area (Å²) in [5, 5.41) is 5.34. The third kappa shape index (κ3) is 4.36. The molecule has 8 heteroatoms. The predicted octanol–water partition coefficient (Wildman–Crippen LogP) is 2.50. The van der Waals surface area contributed by atoms with Crippen LogP contribution in [0.3, 0.4) is 0 Å². The minimum absolute atomic E-state index is 0.214. The van der Waals surface area contributed by atoms with Crippen molar-refractivity contribution in [2.75, 3.05) is 26.7 Å². The van der Waals surface area contributed by atoms with Gasteiger partial charge < -0.3 is 24.8 Å². The molecule has 2 amide bonds. The molecule has 136 valence electrons. The number of alkyl halides is 1. The van der Waals surface area contributed by atoms with E-state index in [1.807, 2.05) is 0 Å². The first-order chi connectivity index (χ1) is 12.0. The maximum atomic E-state index is 12.5. The molecule has 1 aliphatic rings. The first-order valence-electron chi connectivity index (χ1n) is 7.75. The number of hydrogen-bond donors (Lipinski definition) is 2. The molecule has 1 heterocycles. The quantitative estimate of drug-likeness (QED) is 0.439. The van der Waals surface area contributed by atoms with E-state index in [0.717, 1.165) is 0 Å². The number of benzene rings is 1. The zero-order valence-corrected chi connectivity index (χ0v) is 15.1. The number of halogens is 1. The van der Waals surface area contributed by atoms with Crippen molar-refractivity contribution in [2.45, 2.75) is 19.4 Å². The van der Waals surface area contributed by atoms with Crippen molar-refractivity contribution in [3.05, 3.63) is 35.0 Å². The number of esters is 1. The van der Waals surface area contributed by atoms with Crippen LogP contribution in [-0.4, -0.2) is 38.7 Å². The fourth-order valence-corrected chi connectivity index (χ4v) is 2.65. The summed E-state index contributed by atoms with van der Waals surface area (Å²) in [6.07, 6.45) is 0.556. The van der Waals surface area contributed by atoms with E-state index in [4.69, 9.17) is 25.8 Å². The molecule has 0 fully saturated rings. The molecule has 0 bridgehead atoms. The van der Waals surface area contributed by atoms with Crippen LogP contribution < -0.4 is 20.1 Å². The summed E-state index contributed by atoms with van der Waals surface area (Å²) in [7, 11) is 3.05. The molecule has 1 aliphatic heterocycles. The Kier molecular flexibility index (Phi) is 6.52. The van der Waals surface area contributed by atoms with Crippen LogP contribution in [0.4, 0.5) is 4.79 Å². The lowest BCUT2D eigenvalue weighted by molar-refractivity contribution is -0.139. The van der Waals surface area contributed by atoms with E-state index >= 15 is 0 Å². The molecule has 25 heavy (non-hydrogen) atoms. The van der Waals surface area contributed by atoms with Gasteiger partial charge in [0.15, 0.2) is 11.5 Å². The van der Waals surface area contributed by atoms with E-state index in [1.165, 1.54) is 14.2 Å². The van der Waals surface area contributed by atoms with Crippen LogP contribution >= 0.6 is 11.6 Å². The highest BCUT2D eigenvalue weighted by Gasteiger charge is 2.32. The second kappa shape index (κ2) is 8.62. The number of allylic oxidation sites excluding steroid dienone is 1. The van der Waals surface area contributed by atoms with Crippen molar-refractivity contribution in [1.29, 1.82) is 0 Å².